The Morgan fingerprint density at radius 1 is 1.50 bits per heavy atom. The van der Waals surface area contributed by atoms with Crippen molar-refractivity contribution in [1.29, 1.82) is 0 Å². The van der Waals surface area contributed by atoms with Gasteiger partial charge in [-0.05, 0) is 35.0 Å². The average molecular weight is 316 g/mol. The second-order valence-corrected chi connectivity index (χ2v) is 4.61. The number of carbonyl (C=O) groups is 2. The van der Waals surface area contributed by atoms with Crippen molar-refractivity contribution >= 4 is 27.8 Å². The number of halogens is 1. The summed E-state index contributed by atoms with van der Waals surface area (Å²) in [5, 5.41) is 11.3. The number of aliphatic carboxylic acids is 1. The number of hydrogen-bond acceptors (Lipinski definition) is 3. The van der Waals surface area contributed by atoms with Crippen molar-refractivity contribution in [3.8, 4) is 0 Å². The number of hydrogen-bond donors (Lipinski definition) is 2. The molecule has 1 aromatic rings. The zero-order chi connectivity index (χ0) is 13.7. The number of carboxylic acids is 1. The molecule has 6 heteroatoms. The van der Waals surface area contributed by atoms with Gasteiger partial charge in [0.25, 0.3) is 5.91 Å². The number of amides is 1. The Balaban J connectivity index is 2.71. The predicted octanol–water partition coefficient (Wildman–Crippen LogP) is 1.59. The number of ether oxygens (including phenoxy) is 1. The van der Waals surface area contributed by atoms with Crippen molar-refractivity contribution in [2.45, 2.75) is 13.0 Å². The van der Waals surface area contributed by atoms with Crippen LogP contribution in [0.1, 0.15) is 15.9 Å². The summed E-state index contributed by atoms with van der Waals surface area (Å²) in [6, 6.07) is 5.37. The summed E-state index contributed by atoms with van der Waals surface area (Å²) in [7, 11) is 1.29. The van der Waals surface area contributed by atoms with Crippen molar-refractivity contribution in [2.75, 3.05) is 13.7 Å². The van der Waals surface area contributed by atoms with Crippen LogP contribution < -0.4 is 5.32 Å². The van der Waals surface area contributed by atoms with E-state index in [9.17, 15) is 9.59 Å². The Bertz CT molecular complexity index is 461. The molecule has 1 aromatic carbocycles. The minimum Gasteiger partial charge on any atom is -0.479 e. The molecule has 1 rings (SSSR count). The molecule has 0 bridgehead atoms. The lowest BCUT2D eigenvalue weighted by atomic mass is 10.1. The highest BCUT2D eigenvalue weighted by Crippen LogP contribution is 2.17. The summed E-state index contributed by atoms with van der Waals surface area (Å²) in [5.74, 6) is -1.45. The van der Waals surface area contributed by atoms with Crippen molar-refractivity contribution in [1.82, 2.24) is 5.32 Å². The average Bonchev–Trinajstić information content (AvgIpc) is 2.32. The first-order valence-corrected chi connectivity index (χ1v) is 6.05. The summed E-state index contributed by atoms with van der Waals surface area (Å²) in [5.41, 5.74) is 1.42. The first kappa shape index (κ1) is 14.7. The van der Waals surface area contributed by atoms with E-state index in [1.807, 2.05) is 13.0 Å². The minimum atomic E-state index is -1.11. The maximum atomic E-state index is 11.9. The molecule has 98 valence electrons. The fourth-order valence-corrected chi connectivity index (χ4v) is 1.79. The van der Waals surface area contributed by atoms with Crippen LogP contribution in [0, 0.1) is 6.92 Å². The van der Waals surface area contributed by atoms with E-state index in [-0.39, 0.29) is 12.5 Å². The van der Waals surface area contributed by atoms with Gasteiger partial charge in [-0.15, -0.1) is 0 Å². The van der Waals surface area contributed by atoms with E-state index in [2.05, 4.69) is 21.2 Å². The first-order valence-electron chi connectivity index (χ1n) is 5.25. The predicted molar refractivity (Wildman–Crippen MR) is 69.6 cm³/mol. The normalized spacial score (nSPS) is 11.9. The van der Waals surface area contributed by atoms with Crippen LogP contribution in [0.25, 0.3) is 0 Å². The molecule has 1 unspecified atom stereocenters. The second kappa shape index (κ2) is 6.51. The molecule has 0 heterocycles. The van der Waals surface area contributed by atoms with Gasteiger partial charge in [-0.1, -0.05) is 11.6 Å². The van der Waals surface area contributed by atoms with E-state index in [1.165, 1.54) is 7.11 Å². The Kier molecular flexibility index (Phi) is 5.30. The topological polar surface area (TPSA) is 75.6 Å². The van der Waals surface area contributed by atoms with Crippen LogP contribution in [-0.2, 0) is 9.53 Å². The maximum absolute atomic E-state index is 11.9. The van der Waals surface area contributed by atoms with E-state index in [4.69, 9.17) is 9.84 Å². The number of rotatable bonds is 5. The molecule has 0 spiro atoms. The van der Waals surface area contributed by atoms with Crippen LogP contribution >= 0.6 is 15.9 Å². The molecule has 2 N–H and O–H groups in total. The van der Waals surface area contributed by atoms with Gasteiger partial charge in [-0.3, -0.25) is 4.79 Å². The molecule has 0 saturated carbocycles. The molecule has 0 radical (unpaired) electrons. The van der Waals surface area contributed by atoms with Crippen LogP contribution in [0.3, 0.4) is 0 Å². The second-order valence-electron chi connectivity index (χ2n) is 3.76. The number of benzene rings is 1. The quantitative estimate of drug-likeness (QED) is 0.865. The van der Waals surface area contributed by atoms with E-state index in [0.29, 0.717) is 10.0 Å². The monoisotopic (exact) mass is 315 g/mol. The zero-order valence-corrected chi connectivity index (χ0v) is 11.7. The Labute approximate surface area is 113 Å². The summed E-state index contributed by atoms with van der Waals surface area (Å²) in [6.07, 6.45) is -1.04. The molecule has 1 atom stereocenters. The lowest BCUT2D eigenvalue weighted by molar-refractivity contribution is -0.148. The van der Waals surface area contributed by atoms with Crippen molar-refractivity contribution in [2.24, 2.45) is 0 Å². The Morgan fingerprint density at radius 3 is 2.72 bits per heavy atom. The standard InChI is InChI=1S/C12H14BrNO4/c1-7-3-4-9(13)8(5-7)11(15)14-6-10(18-2)12(16)17/h3-5,10H,6H2,1-2H3,(H,14,15)(H,16,17). The highest BCUT2D eigenvalue weighted by atomic mass is 79.9. The summed E-state index contributed by atoms with van der Waals surface area (Å²) in [6.45, 7) is 1.80. The Morgan fingerprint density at radius 2 is 2.17 bits per heavy atom. The molecule has 1 amide bonds. The van der Waals surface area contributed by atoms with E-state index in [0.717, 1.165) is 5.56 Å². The molecule has 0 aliphatic heterocycles. The molecule has 0 saturated heterocycles. The lowest BCUT2D eigenvalue weighted by Crippen LogP contribution is -2.37. The molecule has 5 nitrogen and oxygen atoms in total. The number of carbonyl (C=O) groups excluding carboxylic acids is 1. The third-order valence-corrected chi connectivity index (χ3v) is 3.07. The number of methoxy groups -OCH3 is 1. The van der Waals surface area contributed by atoms with Crippen LogP contribution in [0.4, 0.5) is 0 Å². The zero-order valence-electron chi connectivity index (χ0n) is 10.1. The molecule has 0 aliphatic carbocycles. The largest absolute Gasteiger partial charge is 0.479 e. The van der Waals surface area contributed by atoms with E-state index >= 15 is 0 Å². The molecular formula is C12H14BrNO4. The van der Waals surface area contributed by atoms with Crippen LogP contribution in [0.15, 0.2) is 22.7 Å². The van der Waals surface area contributed by atoms with Crippen molar-refractivity contribution in [3.63, 3.8) is 0 Å². The van der Waals surface area contributed by atoms with Gasteiger partial charge >= 0.3 is 5.97 Å². The lowest BCUT2D eigenvalue weighted by Gasteiger charge is -2.12. The third kappa shape index (κ3) is 3.82. The summed E-state index contributed by atoms with van der Waals surface area (Å²) >= 11 is 3.28. The van der Waals surface area contributed by atoms with E-state index < -0.39 is 12.1 Å². The van der Waals surface area contributed by atoms with Crippen molar-refractivity contribution < 1.29 is 19.4 Å². The third-order valence-electron chi connectivity index (χ3n) is 2.37. The van der Waals surface area contributed by atoms with Gasteiger partial charge < -0.3 is 15.2 Å². The van der Waals surface area contributed by atoms with Gasteiger partial charge in [-0.2, -0.15) is 0 Å². The molecule has 0 fully saturated rings. The van der Waals surface area contributed by atoms with Gasteiger partial charge in [0.2, 0.25) is 0 Å². The molecular weight excluding hydrogens is 302 g/mol. The smallest absolute Gasteiger partial charge is 0.334 e. The minimum absolute atomic E-state index is 0.0783. The fourth-order valence-electron chi connectivity index (χ4n) is 1.37. The SMILES string of the molecule is COC(CNC(=O)c1cc(C)ccc1Br)C(=O)O. The Hall–Kier alpha value is -1.40. The molecule has 18 heavy (non-hydrogen) atoms. The van der Waals surface area contributed by atoms with Gasteiger partial charge in [0.1, 0.15) is 0 Å². The van der Waals surface area contributed by atoms with Gasteiger partial charge in [0.15, 0.2) is 6.10 Å². The molecule has 0 aromatic heterocycles. The first-order chi connectivity index (χ1) is 8.45. The number of aryl methyl sites for hydroxylation is 1. The number of nitrogens with one attached hydrogen (secondary N) is 1. The summed E-state index contributed by atoms with van der Waals surface area (Å²) < 4.78 is 5.39. The fraction of sp³-hybridized carbons (Fsp3) is 0.333. The van der Waals surface area contributed by atoms with E-state index in [1.54, 1.807) is 12.1 Å². The van der Waals surface area contributed by atoms with Gasteiger partial charge in [0.05, 0.1) is 12.1 Å². The highest BCUT2D eigenvalue weighted by molar-refractivity contribution is 9.10. The van der Waals surface area contributed by atoms with Gasteiger partial charge in [-0.25, -0.2) is 4.79 Å². The maximum Gasteiger partial charge on any atom is 0.334 e. The van der Waals surface area contributed by atoms with Crippen LogP contribution in [0.2, 0.25) is 0 Å². The van der Waals surface area contributed by atoms with Gasteiger partial charge in [0, 0.05) is 11.6 Å². The highest BCUT2D eigenvalue weighted by Gasteiger charge is 2.18. The number of carboxylic acid groups (broad SMARTS) is 1. The summed E-state index contributed by atoms with van der Waals surface area (Å²) in [4.78, 5) is 22.6. The van der Waals surface area contributed by atoms with Crippen molar-refractivity contribution in [3.05, 3.63) is 33.8 Å². The van der Waals surface area contributed by atoms with Crippen LogP contribution in [0.5, 0.6) is 0 Å². The molecule has 0 aliphatic rings. The van der Waals surface area contributed by atoms with Crippen LogP contribution in [-0.4, -0.2) is 36.7 Å².